The Kier molecular flexibility index (Phi) is 8.66. The molecule has 4 aromatic carbocycles. The van der Waals surface area contributed by atoms with Crippen LogP contribution >= 0.6 is 0 Å². The summed E-state index contributed by atoms with van der Waals surface area (Å²) < 4.78 is 0. The number of hydrogen-bond donors (Lipinski definition) is 2. The minimum Gasteiger partial charge on any atom is -0.340 e. The van der Waals surface area contributed by atoms with Crippen LogP contribution in [-0.2, 0) is 17.6 Å². The number of hydrogen-bond acceptors (Lipinski definition) is 2. The van der Waals surface area contributed by atoms with Crippen molar-refractivity contribution in [2.75, 3.05) is 5.32 Å². The summed E-state index contributed by atoms with van der Waals surface area (Å²) in [7, 11) is 0. The van der Waals surface area contributed by atoms with Gasteiger partial charge in [0, 0.05) is 23.2 Å². The van der Waals surface area contributed by atoms with Crippen LogP contribution in [0.15, 0.2) is 109 Å². The van der Waals surface area contributed by atoms with Gasteiger partial charge in [0.1, 0.15) is 6.04 Å². The summed E-state index contributed by atoms with van der Waals surface area (Å²) in [6.45, 7) is 2.16. The van der Waals surface area contributed by atoms with Crippen LogP contribution in [0, 0.1) is 0 Å². The molecule has 1 unspecified atom stereocenters. The van der Waals surface area contributed by atoms with Gasteiger partial charge in [0.25, 0.3) is 5.91 Å². The molecule has 4 heteroatoms. The zero-order chi connectivity index (χ0) is 25.2. The lowest BCUT2D eigenvalue weighted by Crippen LogP contribution is -2.45. The van der Waals surface area contributed by atoms with Gasteiger partial charge in [-0.25, -0.2) is 0 Å². The number of anilines is 1. The summed E-state index contributed by atoms with van der Waals surface area (Å²) in [6.07, 6.45) is 3.64. The van der Waals surface area contributed by atoms with E-state index >= 15 is 0 Å². The zero-order valence-corrected chi connectivity index (χ0v) is 20.6. The molecule has 0 bridgehead atoms. The third kappa shape index (κ3) is 6.70. The van der Waals surface area contributed by atoms with Gasteiger partial charge in [-0.3, -0.25) is 9.59 Å². The van der Waals surface area contributed by atoms with Crippen LogP contribution in [-0.4, -0.2) is 17.9 Å². The molecule has 0 saturated carbocycles. The Morgan fingerprint density at radius 2 is 1.36 bits per heavy atom. The second-order valence-electron chi connectivity index (χ2n) is 8.92. The molecule has 4 aromatic rings. The van der Waals surface area contributed by atoms with E-state index in [2.05, 4.69) is 17.6 Å². The summed E-state index contributed by atoms with van der Waals surface area (Å²) in [6, 6.07) is 34.3. The van der Waals surface area contributed by atoms with E-state index in [0.29, 0.717) is 17.7 Å². The van der Waals surface area contributed by atoms with Gasteiger partial charge in [-0.2, -0.15) is 0 Å². The van der Waals surface area contributed by atoms with E-state index in [-0.39, 0.29) is 11.8 Å². The molecule has 2 amide bonds. The molecule has 0 aliphatic carbocycles. The van der Waals surface area contributed by atoms with Crippen molar-refractivity contribution in [3.63, 3.8) is 0 Å². The molecule has 4 nitrogen and oxygen atoms in total. The van der Waals surface area contributed by atoms with Crippen molar-refractivity contribution in [2.45, 2.75) is 38.6 Å². The molecule has 0 saturated heterocycles. The van der Waals surface area contributed by atoms with E-state index in [1.165, 1.54) is 5.56 Å². The summed E-state index contributed by atoms with van der Waals surface area (Å²) in [5, 5.41) is 6.04. The second kappa shape index (κ2) is 12.5. The molecule has 0 heterocycles. The van der Waals surface area contributed by atoms with Crippen LogP contribution in [0.3, 0.4) is 0 Å². The van der Waals surface area contributed by atoms with Crippen LogP contribution in [0.25, 0.3) is 11.1 Å². The summed E-state index contributed by atoms with van der Waals surface area (Å²) in [5.41, 5.74) is 5.39. The van der Waals surface area contributed by atoms with Gasteiger partial charge in [-0.1, -0.05) is 104 Å². The van der Waals surface area contributed by atoms with Crippen molar-refractivity contribution >= 4 is 17.5 Å². The summed E-state index contributed by atoms with van der Waals surface area (Å²) >= 11 is 0. The highest BCUT2D eigenvalue weighted by Gasteiger charge is 2.23. The van der Waals surface area contributed by atoms with Crippen molar-refractivity contribution in [2.24, 2.45) is 0 Å². The fourth-order valence-corrected chi connectivity index (χ4v) is 4.19. The van der Waals surface area contributed by atoms with Crippen molar-refractivity contribution in [3.8, 4) is 11.1 Å². The molecule has 0 aromatic heterocycles. The maximum atomic E-state index is 13.5. The van der Waals surface area contributed by atoms with Gasteiger partial charge >= 0.3 is 0 Å². The van der Waals surface area contributed by atoms with Gasteiger partial charge in [0.2, 0.25) is 5.91 Å². The molecule has 0 radical (unpaired) electrons. The Bertz CT molecular complexity index is 1270. The Labute approximate surface area is 213 Å². The Hall–Kier alpha value is -4.18. The molecule has 0 fully saturated rings. The molecular weight excluding hydrogens is 444 g/mol. The van der Waals surface area contributed by atoms with Gasteiger partial charge in [0.05, 0.1) is 0 Å². The SMILES string of the molecule is CCCCc1ccc(C(=O)NC(Cc2ccccc2)C(=O)Nc2ccccc2-c2ccccc2)cc1. The number of unbranched alkanes of at least 4 members (excludes halogenated alkanes) is 1. The number of rotatable bonds is 10. The lowest BCUT2D eigenvalue weighted by Gasteiger charge is -2.20. The maximum absolute atomic E-state index is 13.5. The van der Waals surface area contributed by atoms with Crippen LogP contribution < -0.4 is 10.6 Å². The number of amides is 2. The average Bonchev–Trinajstić information content (AvgIpc) is 2.93. The largest absolute Gasteiger partial charge is 0.340 e. The lowest BCUT2D eigenvalue weighted by atomic mass is 10.0. The monoisotopic (exact) mass is 476 g/mol. The topological polar surface area (TPSA) is 58.2 Å². The molecule has 0 aliphatic heterocycles. The minimum absolute atomic E-state index is 0.254. The number of nitrogens with one attached hydrogen (secondary N) is 2. The van der Waals surface area contributed by atoms with E-state index < -0.39 is 6.04 Å². The average molecular weight is 477 g/mol. The number of aryl methyl sites for hydroxylation is 1. The zero-order valence-electron chi connectivity index (χ0n) is 20.6. The standard InChI is InChI=1S/C32H32N2O2/c1-2-3-12-24-19-21-27(22-20-24)31(35)34-30(23-25-13-6-4-7-14-25)32(36)33-29-18-11-10-17-28(29)26-15-8-5-9-16-26/h4-11,13-22,30H,2-3,12,23H2,1H3,(H,33,36)(H,34,35). The fraction of sp³-hybridized carbons (Fsp3) is 0.188. The smallest absolute Gasteiger partial charge is 0.251 e. The molecule has 2 N–H and O–H groups in total. The highest BCUT2D eigenvalue weighted by atomic mass is 16.2. The summed E-state index contributed by atoms with van der Waals surface area (Å²) in [5.74, 6) is -0.514. The third-order valence-corrected chi connectivity index (χ3v) is 6.21. The normalized spacial score (nSPS) is 11.5. The Balaban J connectivity index is 1.54. The predicted molar refractivity (Wildman–Crippen MR) is 147 cm³/mol. The number of carbonyl (C=O) groups excluding carboxylic acids is 2. The van der Waals surface area contributed by atoms with Crippen LogP contribution in [0.5, 0.6) is 0 Å². The van der Waals surface area contributed by atoms with Gasteiger partial charge in [0.15, 0.2) is 0 Å². The minimum atomic E-state index is -0.733. The second-order valence-corrected chi connectivity index (χ2v) is 8.92. The lowest BCUT2D eigenvalue weighted by molar-refractivity contribution is -0.118. The first-order chi connectivity index (χ1) is 17.6. The molecular formula is C32H32N2O2. The van der Waals surface area contributed by atoms with Crippen LogP contribution in [0.4, 0.5) is 5.69 Å². The maximum Gasteiger partial charge on any atom is 0.251 e. The summed E-state index contributed by atoms with van der Waals surface area (Å²) in [4.78, 5) is 26.6. The number of benzene rings is 4. The Morgan fingerprint density at radius 3 is 2.06 bits per heavy atom. The van der Waals surface area contributed by atoms with E-state index in [0.717, 1.165) is 36.0 Å². The molecule has 0 aliphatic rings. The van der Waals surface area contributed by atoms with Crippen molar-refractivity contribution in [1.82, 2.24) is 5.32 Å². The quantitative estimate of drug-likeness (QED) is 0.268. The van der Waals surface area contributed by atoms with E-state index in [9.17, 15) is 9.59 Å². The van der Waals surface area contributed by atoms with E-state index in [4.69, 9.17) is 0 Å². The first-order valence-electron chi connectivity index (χ1n) is 12.5. The van der Waals surface area contributed by atoms with Crippen molar-refractivity contribution < 1.29 is 9.59 Å². The number of carbonyl (C=O) groups is 2. The molecule has 36 heavy (non-hydrogen) atoms. The van der Waals surface area contributed by atoms with Crippen LogP contribution in [0.2, 0.25) is 0 Å². The fourth-order valence-electron chi connectivity index (χ4n) is 4.19. The highest BCUT2D eigenvalue weighted by molar-refractivity contribution is 6.03. The van der Waals surface area contributed by atoms with Crippen molar-refractivity contribution in [1.29, 1.82) is 0 Å². The van der Waals surface area contributed by atoms with E-state index in [1.807, 2.05) is 109 Å². The van der Waals surface area contributed by atoms with E-state index in [1.54, 1.807) is 0 Å². The Morgan fingerprint density at radius 1 is 0.722 bits per heavy atom. The predicted octanol–water partition coefficient (Wildman–Crippen LogP) is 6.68. The number of para-hydroxylation sites is 1. The van der Waals surface area contributed by atoms with Gasteiger partial charge < -0.3 is 10.6 Å². The van der Waals surface area contributed by atoms with Gasteiger partial charge in [-0.15, -0.1) is 0 Å². The van der Waals surface area contributed by atoms with Crippen LogP contribution in [0.1, 0.15) is 41.3 Å². The highest BCUT2D eigenvalue weighted by Crippen LogP contribution is 2.27. The molecule has 182 valence electrons. The third-order valence-electron chi connectivity index (χ3n) is 6.21. The molecule has 1 atom stereocenters. The first kappa shape index (κ1) is 24.9. The first-order valence-corrected chi connectivity index (χ1v) is 12.5. The van der Waals surface area contributed by atoms with Gasteiger partial charge in [-0.05, 0) is 47.7 Å². The molecule has 4 rings (SSSR count). The molecule has 0 spiro atoms. The van der Waals surface area contributed by atoms with Crippen molar-refractivity contribution in [3.05, 3.63) is 126 Å².